The summed E-state index contributed by atoms with van der Waals surface area (Å²) >= 11 is 6.11. The van der Waals surface area contributed by atoms with Crippen LogP contribution in [0.15, 0.2) is 72.8 Å². The molecular weight excluding hydrogens is 602 g/mol. The monoisotopic (exact) mass is 641 g/mol. The fourth-order valence-electron chi connectivity index (χ4n) is 5.04. The van der Waals surface area contributed by atoms with Crippen LogP contribution < -0.4 is 19.1 Å². The van der Waals surface area contributed by atoms with E-state index in [1.54, 1.807) is 35.2 Å². The first-order valence-electron chi connectivity index (χ1n) is 14.9. The number of nitrogens with zero attached hydrogens (tertiary/aromatic N) is 2. The largest absolute Gasteiger partial charge is 0.486 e. The van der Waals surface area contributed by atoms with E-state index in [1.807, 2.05) is 42.5 Å². The SMILES string of the molecule is CCCCNC(=O)[C@@H](Cc1ccccc1)N(Cc1ccc(Cl)cc1)C(=O)CCCN(c1ccc2c(c1)OCCO2)S(C)(=O)=O. The number of sulfonamides is 1. The summed E-state index contributed by atoms with van der Waals surface area (Å²) in [6.07, 6.45) is 3.51. The van der Waals surface area contributed by atoms with Gasteiger partial charge in [-0.3, -0.25) is 13.9 Å². The molecule has 1 aliphatic rings. The van der Waals surface area contributed by atoms with Crippen molar-refractivity contribution in [1.82, 2.24) is 10.2 Å². The lowest BCUT2D eigenvalue weighted by atomic mass is 10.0. The number of hydrogen-bond donors (Lipinski definition) is 1. The Balaban J connectivity index is 1.56. The number of benzene rings is 3. The summed E-state index contributed by atoms with van der Waals surface area (Å²) in [4.78, 5) is 29.2. The third-order valence-corrected chi connectivity index (χ3v) is 8.78. The van der Waals surface area contributed by atoms with E-state index in [1.165, 1.54) is 4.31 Å². The lowest BCUT2D eigenvalue weighted by Gasteiger charge is -2.32. The highest BCUT2D eigenvalue weighted by Crippen LogP contribution is 2.35. The Hall–Kier alpha value is -3.76. The molecule has 1 heterocycles. The van der Waals surface area contributed by atoms with Crippen molar-refractivity contribution in [2.75, 3.05) is 36.9 Å². The van der Waals surface area contributed by atoms with Crippen molar-refractivity contribution in [3.05, 3.63) is 88.9 Å². The van der Waals surface area contributed by atoms with Gasteiger partial charge in [-0.15, -0.1) is 0 Å². The minimum atomic E-state index is -3.66. The summed E-state index contributed by atoms with van der Waals surface area (Å²) < 4.78 is 38.1. The Morgan fingerprint density at radius 3 is 2.32 bits per heavy atom. The smallest absolute Gasteiger partial charge is 0.243 e. The van der Waals surface area contributed by atoms with Crippen LogP contribution in [-0.4, -0.2) is 63.7 Å². The average Bonchev–Trinajstić information content (AvgIpc) is 3.01. The Morgan fingerprint density at radius 1 is 0.932 bits per heavy atom. The molecule has 9 nitrogen and oxygen atoms in total. The van der Waals surface area contributed by atoms with Crippen LogP contribution in [0.1, 0.15) is 43.7 Å². The van der Waals surface area contributed by atoms with Gasteiger partial charge in [0.2, 0.25) is 21.8 Å². The molecule has 0 saturated carbocycles. The van der Waals surface area contributed by atoms with Crippen molar-refractivity contribution in [3.8, 4) is 11.5 Å². The summed E-state index contributed by atoms with van der Waals surface area (Å²) in [5, 5.41) is 3.59. The topological polar surface area (TPSA) is 105 Å². The molecule has 0 radical (unpaired) electrons. The van der Waals surface area contributed by atoms with Crippen molar-refractivity contribution >= 4 is 39.1 Å². The van der Waals surface area contributed by atoms with Crippen LogP contribution in [0.25, 0.3) is 0 Å². The lowest BCUT2D eigenvalue weighted by Crippen LogP contribution is -2.50. The first-order chi connectivity index (χ1) is 21.2. The van der Waals surface area contributed by atoms with Gasteiger partial charge < -0.3 is 19.7 Å². The van der Waals surface area contributed by atoms with E-state index in [0.29, 0.717) is 48.4 Å². The standard InChI is InChI=1S/C33H40ClN3O6S/c1-3-4-18-35-33(39)29(22-25-9-6-5-7-10-25)36(24-26-12-14-27(34)15-13-26)32(38)11-8-19-37(44(2,40)41)28-16-17-30-31(23-28)43-21-20-42-30/h5-7,9-10,12-17,23,29H,3-4,8,11,18-22,24H2,1-2H3,(H,35,39)/t29-/m1/s1. The maximum Gasteiger partial charge on any atom is 0.243 e. The number of rotatable bonds is 15. The number of carbonyl (C=O) groups excluding carboxylic acids is 2. The van der Waals surface area contributed by atoms with Crippen LogP contribution in [-0.2, 0) is 32.6 Å². The zero-order chi connectivity index (χ0) is 31.5. The van der Waals surface area contributed by atoms with Crippen molar-refractivity contribution in [2.24, 2.45) is 0 Å². The molecule has 1 aliphatic heterocycles. The molecule has 11 heteroatoms. The van der Waals surface area contributed by atoms with Crippen LogP contribution in [0, 0.1) is 0 Å². The van der Waals surface area contributed by atoms with Gasteiger partial charge in [0, 0.05) is 43.6 Å². The van der Waals surface area contributed by atoms with Crippen LogP contribution >= 0.6 is 11.6 Å². The van der Waals surface area contributed by atoms with Crippen molar-refractivity contribution in [2.45, 2.75) is 51.6 Å². The molecule has 0 aliphatic carbocycles. The molecule has 44 heavy (non-hydrogen) atoms. The van der Waals surface area contributed by atoms with E-state index in [4.69, 9.17) is 21.1 Å². The van der Waals surface area contributed by atoms with Crippen molar-refractivity contribution < 1.29 is 27.5 Å². The van der Waals surface area contributed by atoms with E-state index in [9.17, 15) is 18.0 Å². The van der Waals surface area contributed by atoms with Gasteiger partial charge >= 0.3 is 0 Å². The first kappa shape index (κ1) is 33.1. The molecule has 0 bridgehead atoms. The molecular formula is C33H40ClN3O6S. The lowest BCUT2D eigenvalue weighted by molar-refractivity contribution is -0.141. The fourth-order valence-corrected chi connectivity index (χ4v) is 6.12. The molecule has 0 saturated heterocycles. The number of nitrogens with one attached hydrogen (secondary N) is 1. The van der Waals surface area contributed by atoms with Crippen LogP contribution in [0.2, 0.25) is 5.02 Å². The van der Waals surface area contributed by atoms with Crippen molar-refractivity contribution in [1.29, 1.82) is 0 Å². The molecule has 0 unspecified atom stereocenters. The Morgan fingerprint density at radius 2 is 1.64 bits per heavy atom. The van der Waals surface area contributed by atoms with E-state index in [0.717, 1.165) is 30.2 Å². The van der Waals surface area contributed by atoms with Crippen LogP contribution in [0.3, 0.4) is 0 Å². The van der Waals surface area contributed by atoms with Gasteiger partial charge in [-0.1, -0.05) is 67.4 Å². The van der Waals surface area contributed by atoms with Gasteiger partial charge in [0.15, 0.2) is 11.5 Å². The highest BCUT2D eigenvalue weighted by Gasteiger charge is 2.30. The molecule has 3 aromatic rings. The number of carbonyl (C=O) groups is 2. The number of ether oxygens (including phenoxy) is 2. The molecule has 0 aromatic heterocycles. The molecule has 1 N–H and O–H groups in total. The van der Waals surface area contributed by atoms with E-state index >= 15 is 0 Å². The van der Waals surface area contributed by atoms with Crippen LogP contribution in [0.5, 0.6) is 11.5 Å². The Kier molecular flexibility index (Phi) is 11.9. The Labute approximate surface area is 265 Å². The highest BCUT2D eigenvalue weighted by molar-refractivity contribution is 7.92. The second-order valence-electron chi connectivity index (χ2n) is 10.8. The van der Waals surface area contributed by atoms with Gasteiger partial charge in [0.1, 0.15) is 19.3 Å². The quantitative estimate of drug-likeness (QED) is 0.228. The molecule has 3 aromatic carbocycles. The predicted octanol–water partition coefficient (Wildman–Crippen LogP) is 5.21. The number of anilines is 1. The number of unbranched alkanes of at least 4 members (excludes halogenated alkanes) is 1. The zero-order valence-corrected chi connectivity index (χ0v) is 26.8. The molecule has 236 valence electrons. The summed E-state index contributed by atoms with van der Waals surface area (Å²) in [6.45, 7) is 3.65. The summed E-state index contributed by atoms with van der Waals surface area (Å²) in [7, 11) is -3.66. The predicted molar refractivity (Wildman–Crippen MR) is 173 cm³/mol. The fraction of sp³-hybridized carbons (Fsp3) is 0.394. The van der Waals surface area contributed by atoms with E-state index in [2.05, 4.69) is 12.2 Å². The molecule has 1 atom stereocenters. The number of fused-ring (bicyclic) bond motifs is 1. The molecule has 0 fully saturated rings. The summed E-state index contributed by atoms with van der Waals surface area (Å²) in [6, 6.07) is 21.0. The number of amides is 2. The second-order valence-corrected chi connectivity index (χ2v) is 13.1. The van der Waals surface area contributed by atoms with Crippen LogP contribution in [0.4, 0.5) is 5.69 Å². The third kappa shape index (κ3) is 9.37. The van der Waals surface area contributed by atoms with E-state index in [-0.39, 0.29) is 37.7 Å². The molecule has 0 spiro atoms. The maximum atomic E-state index is 14.0. The van der Waals surface area contributed by atoms with Gasteiger partial charge in [-0.2, -0.15) is 0 Å². The van der Waals surface area contributed by atoms with Gasteiger partial charge in [0.25, 0.3) is 0 Å². The van der Waals surface area contributed by atoms with E-state index < -0.39 is 16.1 Å². The number of halogens is 1. The number of hydrogen-bond acceptors (Lipinski definition) is 6. The highest BCUT2D eigenvalue weighted by atomic mass is 35.5. The third-order valence-electron chi connectivity index (χ3n) is 7.33. The molecule has 4 rings (SSSR count). The maximum absolute atomic E-state index is 14.0. The van der Waals surface area contributed by atoms with Gasteiger partial charge in [-0.05, 0) is 48.2 Å². The van der Waals surface area contributed by atoms with Gasteiger partial charge in [-0.25, -0.2) is 8.42 Å². The Bertz CT molecular complexity index is 1500. The average molecular weight is 642 g/mol. The molecule has 2 amide bonds. The first-order valence-corrected chi connectivity index (χ1v) is 17.1. The normalized spacial score (nSPS) is 13.2. The van der Waals surface area contributed by atoms with Crippen molar-refractivity contribution in [3.63, 3.8) is 0 Å². The zero-order valence-electron chi connectivity index (χ0n) is 25.2. The minimum Gasteiger partial charge on any atom is -0.486 e. The minimum absolute atomic E-state index is 0.0394. The summed E-state index contributed by atoms with van der Waals surface area (Å²) in [5.74, 6) is 0.564. The summed E-state index contributed by atoms with van der Waals surface area (Å²) in [5.41, 5.74) is 2.19. The van der Waals surface area contributed by atoms with Gasteiger partial charge in [0.05, 0.1) is 11.9 Å². The second kappa shape index (κ2) is 15.8.